The molecule has 0 spiro atoms. The van der Waals surface area contributed by atoms with Gasteiger partial charge in [0.2, 0.25) is 0 Å². The summed E-state index contributed by atoms with van der Waals surface area (Å²) in [5.41, 5.74) is 10.0. The molecule has 2 aromatic rings. The Morgan fingerprint density at radius 1 is 1.31 bits per heavy atom. The van der Waals surface area contributed by atoms with Gasteiger partial charge >= 0.3 is 0 Å². The van der Waals surface area contributed by atoms with Gasteiger partial charge < -0.3 is 10.3 Å². The lowest BCUT2D eigenvalue weighted by atomic mass is 10.0. The van der Waals surface area contributed by atoms with Crippen molar-refractivity contribution in [2.75, 3.05) is 0 Å². The molecule has 1 aromatic heterocycles. The van der Waals surface area contributed by atoms with Gasteiger partial charge in [-0.15, -0.1) is 6.04 Å². The average Bonchev–Trinajstić information content (AvgIpc) is 2.48. The van der Waals surface area contributed by atoms with Crippen molar-refractivity contribution in [3.63, 3.8) is 0 Å². The van der Waals surface area contributed by atoms with Crippen LogP contribution >= 0.6 is 0 Å². The third-order valence-electron chi connectivity index (χ3n) is 2.43. The summed E-state index contributed by atoms with van der Waals surface area (Å²) in [6.07, 6.45) is 2.04. The van der Waals surface area contributed by atoms with Crippen LogP contribution in [0.5, 0.6) is 0 Å². The molecule has 0 fully saturated rings. The van der Waals surface area contributed by atoms with Crippen LogP contribution in [0.15, 0.2) is 30.5 Å². The highest BCUT2D eigenvalue weighted by Crippen LogP contribution is 2.25. The predicted molar refractivity (Wildman–Crippen MR) is 55.7 cm³/mol. The van der Waals surface area contributed by atoms with Crippen molar-refractivity contribution in [2.45, 2.75) is 13.0 Å². The Hall–Kier alpha value is -1.28. The normalized spacial score (nSPS) is 13.5. The van der Waals surface area contributed by atoms with Crippen molar-refractivity contribution >= 4 is 10.9 Å². The van der Waals surface area contributed by atoms with E-state index in [-0.39, 0.29) is 6.04 Å². The van der Waals surface area contributed by atoms with Gasteiger partial charge in [-0.3, -0.25) is 0 Å². The van der Waals surface area contributed by atoms with Crippen molar-refractivity contribution in [2.24, 2.45) is 7.05 Å². The molecular formula is C11H13N2-. The zero-order chi connectivity index (χ0) is 9.42. The fourth-order valence-electron chi connectivity index (χ4n) is 1.70. The Labute approximate surface area is 78.0 Å². The molecule has 0 bridgehead atoms. The first kappa shape index (κ1) is 8.32. The minimum absolute atomic E-state index is 0.147. The first-order chi connectivity index (χ1) is 6.20. The smallest absolute Gasteiger partial charge is 0.0479 e. The maximum absolute atomic E-state index is 7.70. The third-order valence-corrected chi connectivity index (χ3v) is 2.43. The van der Waals surface area contributed by atoms with Crippen LogP contribution in [-0.4, -0.2) is 4.57 Å². The number of aryl methyl sites for hydroxylation is 1. The van der Waals surface area contributed by atoms with Gasteiger partial charge in [-0.2, -0.15) is 0 Å². The van der Waals surface area contributed by atoms with Gasteiger partial charge in [0, 0.05) is 24.1 Å². The van der Waals surface area contributed by atoms with Crippen molar-refractivity contribution in [3.05, 3.63) is 41.8 Å². The molecule has 0 saturated heterocycles. The molecule has 1 N–H and O–H groups in total. The zero-order valence-electron chi connectivity index (χ0n) is 7.91. The van der Waals surface area contributed by atoms with E-state index in [9.17, 15) is 0 Å². The summed E-state index contributed by atoms with van der Waals surface area (Å²) in [5, 5.41) is 1.20. The van der Waals surface area contributed by atoms with Crippen LogP contribution in [-0.2, 0) is 7.05 Å². The summed E-state index contributed by atoms with van der Waals surface area (Å²) in [6.45, 7) is 1.90. The summed E-state index contributed by atoms with van der Waals surface area (Å²) in [7, 11) is 2.03. The van der Waals surface area contributed by atoms with E-state index < -0.39 is 0 Å². The van der Waals surface area contributed by atoms with Gasteiger partial charge in [0.1, 0.15) is 0 Å². The molecule has 0 saturated carbocycles. The molecule has 0 radical (unpaired) electrons. The first-order valence-corrected chi connectivity index (χ1v) is 4.45. The van der Waals surface area contributed by atoms with Crippen LogP contribution in [0.1, 0.15) is 18.5 Å². The molecule has 0 aliphatic rings. The van der Waals surface area contributed by atoms with Crippen LogP contribution in [0.2, 0.25) is 0 Å². The highest BCUT2D eigenvalue weighted by atomic mass is 14.9. The Morgan fingerprint density at radius 2 is 2.08 bits per heavy atom. The number of nitrogens with one attached hydrogen (secondary N) is 1. The lowest BCUT2D eigenvalue weighted by molar-refractivity contribution is 0.964. The van der Waals surface area contributed by atoms with Gasteiger partial charge in [0.05, 0.1) is 0 Å². The SMILES string of the molecule is C[C@@H]([NH-])c1cccc2c1ccn2C. The fraction of sp³-hybridized carbons (Fsp3) is 0.273. The van der Waals surface area contributed by atoms with E-state index in [1.165, 1.54) is 10.9 Å². The van der Waals surface area contributed by atoms with E-state index in [0.29, 0.717) is 0 Å². The largest absolute Gasteiger partial charge is 0.671 e. The average molecular weight is 173 g/mol. The highest BCUT2D eigenvalue weighted by Gasteiger charge is 2.02. The monoisotopic (exact) mass is 173 g/mol. The molecule has 1 atom stereocenters. The number of nitrogens with zero attached hydrogens (tertiary/aromatic N) is 1. The van der Waals surface area contributed by atoms with Crippen molar-refractivity contribution < 1.29 is 0 Å². The van der Waals surface area contributed by atoms with Crippen LogP contribution in [0.3, 0.4) is 0 Å². The quantitative estimate of drug-likeness (QED) is 0.633. The van der Waals surface area contributed by atoms with Crippen molar-refractivity contribution in [1.82, 2.24) is 4.57 Å². The Morgan fingerprint density at radius 3 is 2.77 bits per heavy atom. The molecule has 1 heterocycles. The van der Waals surface area contributed by atoms with Gasteiger partial charge in [0.25, 0.3) is 0 Å². The van der Waals surface area contributed by atoms with E-state index in [1.54, 1.807) is 0 Å². The molecule has 1 aromatic carbocycles. The maximum Gasteiger partial charge on any atom is 0.0479 e. The summed E-state index contributed by atoms with van der Waals surface area (Å²) in [4.78, 5) is 0. The van der Waals surface area contributed by atoms with E-state index >= 15 is 0 Å². The lowest BCUT2D eigenvalue weighted by Crippen LogP contribution is -1.88. The molecule has 0 unspecified atom stereocenters. The zero-order valence-corrected chi connectivity index (χ0v) is 7.91. The maximum atomic E-state index is 7.70. The van der Waals surface area contributed by atoms with Gasteiger partial charge in [-0.25, -0.2) is 0 Å². The number of hydrogen-bond acceptors (Lipinski definition) is 0. The topological polar surface area (TPSA) is 28.7 Å². The number of benzene rings is 1. The van der Waals surface area contributed by atoms with Gasteiger partial charge in [0.15, 0.2) is 0 Å². The van der Waals surface area contributed by atoms with Crippen molar-refractivity contribution in [1.29, 1.82) is 0 Å². The second-order valence-electron chi connectivity index (χ2n) is 3.43. The molecule has 0 aliphatic heterocycles. The Balaban J connectivity index is 2.77. The first-order valence-electron chi connectivity index (χ1n) is 4.45. The van der Waals surface area contributed by atoms with Crippen LogP contribution in [0.25, 0.3) is 16.6 Å². The van der Waals surface area contributed by atoms with E-state index in [0.717, 1.165) is 5.56 Å². The van der Waals surface area contributed by atoms with E-state index in [2.05, 4.69) is 16.7 Å². The summed E-state index contributed by atoms with van der Waals surface area (Å²) < 4.78 is 2.08. The molecule has 2 heteroatoms. The van der Waals surface area contributed by atoms with Crippen LogP contribution in [0.4, 0.5) is 0 Å². The number of aromatic nitrogens is 1. The second-order valence-corrected chi connectivity index (χ2v) is 3.43. The van der Waals surface area contributed by atoms with E-state index in [4.69, 9.17) is 5.73 Å². The minimum Gasteiger partial charge on any atom is -0.671 e. The fourth-order valence-corrected chi connectivity index (χ4v) is 1.70. The standard InChI is InChI=1S/C11H13N2/c1-8(12)9-4-3-5-11-10(9)6-7-13(11)2/h3-8,12H,1-2H3/q-1/t8-/m1/s1. The molecule has 0 aliphatic carbocycles. The van der Waals surface area contributed by atoms with Gasteiger partial charge in [-0.1, -0.05) is 24.6 Å². The van der Waals surface area contributed by atoms with Gasteiger partial charge in [-0.05, 0) is 12.1 Å². The molecule has 2 nitrogen and oxygen atoms in total. The molecule has 2 rings (SSSR count). The Bertz CT molecular complexity index is 427. The van der Waals surface area contributed by atoms with Crippen molar-refractivity contribution in [3.8, 4) is 0 Å². The molecular weight excluding hydrogens is 160 g/mol. The minimum atomic E-state index is -0.147. The summed E-state index contributed by atoms with van der Waals surface area (Å²) in [5.74, 6) is 0. The Kier molecular flexibility index (Phi) is 1.85. The van der Waals surface area contributed by atoms with Crippen LogP contribution in [0, 0.1) is 0 Å². The molecule has 0 amide bonds. The number of rotatable bonds is 1. The second kappa shape index (κ2) is 2.89. The predicted octanol–water partition coefficient (Wildman–Crippen LogP) is 3.29. The number of fused-ring (bicyclic) bond motifs is 1. The van der Waals surface area contributed by atoms with E-state index in [1.807, 2.05) is 32.3 Å². The third kappa shape index (κ3) is 1.23. The molecule has 68 valence electrons. The van der Waals surface area contributed by atoms with Crippen LogP contribution < -0.4 is 0 Å². The highest BCUT2D eigenvalue weighted by molar-refractivity contribution is 5.84. The lowest BCUT2D eigenvalue weighted by Gasteiger charge is -2.15. The summed E-state index contributed by atoms with van der Waals surface area (Å²) >= 11 is 0. The summed E-state index contributed by atoms with van der Waals surface area (Å²) in [6, 6.07) is 8.06. The molecule has 13 heavy (non-hydrogen) atoms. The number of hydrogen-bond donors (Lipinski definition) is 0.